The van der Waals surface area contributed by atoms with Crippen molar-refractivity contribution in [2.75, 3.05) is 0 Å². The lowest BCUT2D eigenvalue weighted by atomic mass is 10.0. The summed E-state index contributed by atoms with van der Waals surface area (Å²) in [5.41, 5.74) is 2.67. The van der Waals surface area contributed by atoms with Crippen molar-refractivity contribution < 1.29 is 11.3 Å². The van der Waals surface area contributed by atoms with Gasteiger partial charge in [0, 0.05) is 27.5 Å². The zero-order valence-corrected chi connectivity index (χ0v) is 20.5. The highest BCUT2D eigenvalue weighted by molar-refractivity contribution is 6.15. The maximum Gasteiger partial charge on any atom is 0.164 e. The molecule has 0 saturated carbocycles. The van der Waals surface area contributed by atoms with Crippen LogP contribution in [0.3, 0.4) is 0 Å². The molecule has 182 valence electrons. The van der Waals surface area contributed by atoms with E-state index in [0.29, 0.717) is 28.4 Å². The fourth-order valence-corrected chi connectivity index (χ4v) is 5.13. The molecule has 0 radical (unpaired) electrons. The van der Waals surface area contributed by atoms with Crippen molar-refractivity contribution in [1.29, 1.82) is 0 Å². The number of benzene rings is 6. The molecule has 2 heterocycles. The second kappa shape index (κ2) is 8.61. The molecule has 6 aromatic carbocycles. The molecular formula is C35H21N3O. The summed E-state index contributed by atoms with van der Waals surface area (Å²) < 4.78 is 48.2. The SMILES string of the molecule is [2H]c1c([2H])c([2H])c(-c2nc(-c3ccc4ccccc4c3)nc(-c3cccc4oc5cc6ccccc6cc5c34)n2)c([2H])c1[2H]. The van der Waals surface area contributed by atoms with Crippen LogP contribution in [0.5, 0.6) is 0 Å². The highest BCUT2D eigenvalue weighted by atomic mass is 16.3. The van der Waals surface area contributed by atoms with Gasteiger partial charge in [-0.05, 0) is 45.8 Å². The molecule has 0 spiro atoms. The van der Waals surface area contributed by atoms with E-state index in [1.54, 1.807) is 0 Å². The van der Waals surface area contributed by atoms with E-state index in [1.807, 2.05) is 91.0 Å². The second-order valence-electron chi connectivity index (χ2n) is 9.34. The van der Waals surface area contributed by atoms with E-state index >= 15 is 0 Å². The van der Waals surface area contributed by atoms with Crippen LogP contribution in [0.2, 0.25) is 0 Å². The predicted octanol–water partition coefficient (Wildman–Crippen LogP) is 9.08. The fraction of sp³-hybridized carbons (Fsp3) is 0. The van der Waals surface area contributed by atoms with Crippen molar-refractivity contribution in [1.82, 2.24) is 15.0 Å². The molecule has 0 atom stereocenters. The molecule has 8 rings (SSSR count). The predicted molar refractivity (Wildman–Crippen MR) is 158 cm³/mol. The largest absolute Gasteiger partial charge is 0.456 e. The molecule has 0 aliphatic rings. The first-order valence-corrected chi connectivity index (χ1v) is 12.5. The number of hydrogen-bond donors (Lipinski definition) is 0. The minimum atomic E-state index is -0.477. The third-order valence-electron chi connectivity index (χ3n) is 6.97. The highest BCUT2D eigenvalue weighted by Gasteiger charge is 2.18. The minimum absolute atomic E-state index is 0.00888. The summed E-state index contributed by atoms with van der Waals surface area (Å²) in [5, 5.41) is 5.87. The Kier molecular flexibility index (Phi) is 3.80. The van der Waals surface area contributed by atoms with Crippen LogP contribution >= 0.6 is 0 Å². The number of fused-ring (bicyclic) bond motifs is 5. The van der Waals surface area contributed by atoms with E-state index in [-0.39, 0.29) is 23.5 Å². The molecule has 0 amide bonds. The van der Waals surface area contributed by atoms with Gasteiger partial charge in [-0.25, -0.2) is 15.0 Å². The van der Waals surface area contributed by atoms with Crippen LogP contribution in [0.1, 0.15) is 6.85 Å². The molecule has 2 aromatic heterocycles. The first kappa shape index (κ1) is 17.2. The zero-order chi connectivity index (χ0) is 30.1. The average molecular weight is 505 g/mol. The molecule has 0 N–H and O–H groups in total. The standard InChI is InChI=1S/C35H21N3O/c1-2-10-23(11-3-1)33-36-34(27-18-17-22-9-4-5-12-24(22)19-27)38-35(37-33)28-15-8-16-30-32(28)29-20-25-13-6-7-14-26(25)21-31(29)39-30/h1-21H/i1D,2D,3D,10D,11D. The van der Waals surface area contributed by atoms with Gasteiger partial charge in [0.25, 0.3) is 0 Å². The average Bonchev–Trinajstić information content (AvgIpc) is 3.42. The summed E-state index contributed by atoms with van der Waals surface area (Å²) in [5.74, 6) is 0.606. The van der Waals surface area contributed by atoms with Gasteiger partial charge in [0.1, 0.15) is 11.2 Å². The quantitative estimate of drug-likeness (QED) is 0.241. The number of nitrogens with zero attached hydrogens (tertiary/aromatic N) is 3. The maximum absolute atomic E-state index is 8.63. The van der Waals surface area contributed by atoms with Gasteiger partial charge in [-0.3, -0.25) is 0 Å². The summed E-state index contributed by atoms with van der Waals surface area (Å²) in [4.78, 5) is 14.4. The van der Waals surface area contributed by atoms with Crippen LogP contribution < -0.4 is 0 Å². The Balaban J connectivity index is 1.45. The van der Waals surface area contributed by atoms with E-state index in [9.17, 15) is 0 Å². The lowest BCUT2D eigenvalue weighted by Gasteiger charge is -2.10. The Morgan fingerprint density at radius 2 is 1.18 bits per heavy atom. The van der Waals surface area contributed by atoms with Crippen LogP contribution in [-0.2, 0) is 0 Å². The van der Waals surface area contributed by atoms with Gasteiger partial charge in [0.05, 0.1) is 6.85 Å². The van der Waals surface area contributed by atoms with E-state index in [4.69, 9.17) is 26.2 Å². The van der Waals surface area contributed by atoms with Gasteiger partial charge in [0.15, 0.2) is 17.5 Å². The summed E-state index contributed by atoms with van der Waals surface area (Å²) >= 11 is 0. The molecule has 0 aliphatic carbocycles. The van der Waals surface area contributed by atoms with Gasteiger partial charge in [-0.2, -0.15) is 0 Å². The van der Waals surface area contributed by atoms with Gasteiger partial charge < -0.3 is 4.42 Å². The molecule has 0 aliphatic heterocycles. The minimum Gasteiger partial charge on any atom is -0.456 e. The molecule has 39 heavy (non-hydrogen) atoms. The Morgan fingerprint density at radius 1 is 0.513 bits per heavy atom. The van der Waals surface area contributed by atoms with Crippen LogP contribution in [0.15, 0.2) is 132 Å². The number of aromatic nitrogens is 3. The fourth-order valence-electron chi connectivity index (χ4n) is 5.13. The molecule has 8 aromatic rings. The van der Waals surface area contributed by atoms with Crippen molar-refractivity contribution in [3.8, 4) is 34.2 Å². The second-order valence-corrected chi connectivity index (χ2v) is 9.34. The zero-order valence-electron chi connectivity index (χ0n) is 25.5. The lowest BCUT2D eigenvalue weighted by molar-refractivity contribution is 0.669. The van der Waals surface area contributed by atoms with E-state index in [0.717, 1.165) is 37.9 Å². The first-order chi connectivity index (χ1) is 21.4. The molecule has 0 unspecified atom stereocenters. The molecule has 4 heteroatoms. The summed E-state index contributed by atoms with van der Waals surface area (Å²) in [6.45, 7) is 0. The van der Waals surface area contributed by atoms with Gasteiger partial charge in [-0.1, -0.05) is 103 Å². The van der Waals surface area contributed by atoms with Crippen molar-refractivity contribution >= 4 is 43.5 Å². The normalized spacial score (nSPS) is 13.4. The van der Waals surface area contributed by atoms with Crippen LogP contribution in [0, 0.1) is 0 Å². The van der Waals surface area contributed by atoms with E-state index in [2.05, 4.69) is 6.07 Å². The highest BCUT2D eigenvalue weighted by Crippen LogP contribution is 2.38. The van der Waals surface area contributed by atoms with Crippen LogP contribution in [0.4, 0.5) is 0 Å². The Morgan fingerprint density at radius 3 is 1.97 bits per heavy atom. The third-order valence-corrected chi connectivity index (χ3v) is 6.97. The molecular weight excluding hydrogens is 478 g/mol. The summed E-state index contributed by atoms with van der Waals surface area (Å²) in [7, 11) is 0. The number of rotatable bonds is 3. The Labute approximate surface area is 231 Å². The molecule has 0 saturated heterocycles. The number of hydrogen-bond acceptors (Lipinski definition) is 4. The van der Waals surface area contributed by atoms with Crippen LogP contribution in [0.25, 0.3) is 77.6 Å². The Bertz CT molecular complexity index is 2440. The molecule has 4 nitrogen and oxygen atoms in total. The van der Waals surface area contributed by atoms with Crippen molar-refractivity contribution in [3.05, 3.63) is 127 Å². The van der Waals surface area contributed by atoms with E-state index < -0.39 is 18.1 Å². The lowest BCUT2D eigenvalue weighted by Crippen LogP contribution is -2.00. The summed E-state index contributed by atoms with van der Waals surface area (Å²) in [6.07, 6.45) is 0. The topological polar surface area (TPSA) is 51.8 Å². The molecule has 0 fully saturated rings. The van der Waals surface area contributed by atoms with Crippen molar-refractivity contribution in [2.24, 2.45) is 0 Å². The third kappa shape index (κ3) is 3.65. The first-order valence-electron chi connectivity index (χ1n) is 15.0. The van der Waals surface area contributed by atoms with Crippen LogP contribution in [-0.4, -0.2) is 15.0 Å². The molecule has 0 bridgehead atoms. The van der Waals surface area contributed by atoms with Gasteiger partial charge in [0.2, 0.25) is 0 Å². The Hall–Kier alpha value is -5.35. The van der Waals surface area contributed by atoms with E-state index in [1.165, 1.54) is 0 Å². The number of furan rings is 1. The monoisotopic (exact) mass is 504 g/mol. The maximum atomic E-state index is 8.63. The van der Waals surface area contributed by atoms with Crippen molar-refractivity contribution in [2.45, 2.75) is 0 Å². The summed E-state index contributed by atoms with van der Waals surface area (Å²) in [6, 6.07) is 29.5. The smallest absolute Gasteiger partial charge is 0.164 e. The van der Waals surface area contributed by atoms with Crippen molar-refractivity contribution in [3.63, 3.8) is 0 Å². The van der Waals surface area contributed by atoms with Gasteiger partial charge in [-0.15, -0.1) is 0 Å². The van der Waals surface area contributed by atoms with Gasteiger partial charge >= 0.3 is 0 Å².